The second-order valence-electron chi connectivity index (χ2n) is 16.5. The minimum absolute atomic E-state index is 0.135. The molecule has 0 aliphatic heterocycles. The molecule has 3 heterocycles. The van der Waals surface area contributed by atoms with Crippen LogP contribution in [-0.2, 0) is 27.2 Å². The molecule has 0 bridgehead atoms. The summed E-state index contributed by atoms with van der Waals surface area (Å²) in [6.45, 7) is 35.1. The molecule has 1 N–H and O–H groups in total. The van der Waals surface area contributed by atoms with Gasteiger partial charge in [-0.2, -0.15) is 0 Å². The van der Waals surface area contributed by atoms with E-state index in [1.807, 2.05) is 12.5 Å². The number of aromatic amines is 1. The molecule has 0 aliphatic rings. The van der Waals surface area contributed by atoms with Gasteiger partial charge in [0.1, 0.15) is 0 Å². The number of H-pyrrole nitrogens is 1. The summed E-state index contributed by atoms with van der Waals surface area (Å²) >= 11 is 0. The van der Waals surface area contributed by atoms with Crippen LogP contribution in [0.1, 0.15) is 132 Å². The Labute approximate surface area is 251 Å². The number of hydrogen-bond acceptors (Lipinski definition) is 2. The Morgan fingerprint density at radius 2 is 1.12 bits per heavy atom. The van der Waals surface area contributed by atoms with Crippen molar-refractivity contribution in [3.8, 4) is 0 Å². The predicted molar refractivity (Wildman–Crippen MR) is 179 cm³/mol. The molecule has 0 amide bonds. The largest absolute Gasteiger partial charge is 0.359 e. The van der Waals surface area contributed by atoms with Gasteiger partial charge in [-0.05, 0) is 79.3 Å². The number of pyridine rings is 1. The third kappa shape index (κ3) is 10.2. The topological polar surface area (TPSA) is 46.5 Å². The monoisotopic (exact) mass is 558 g/mol. The lowest BCUT2D eigenvalue weighted by atomic mass is 9.86. The van der Waals surface area contributed by atoms with E-state index in [2.05, 4.69) is 173 Å². The highest BCUT2D eigenvalue weighted by Gasteiger charge is 2.20. The van der Waals surface area contributed by atoms with E-state index in [1.165, 1.54) is 27.7 Å². The van der Waals surface area contributed by atoms with E-state index >= 15 is 0 Å². The molecule has 0 atom stereocenters. The first-order valence-corrected chi connectivity index (χ1v) is 15.0. The van der Waals surface area contributed by atoms with E-state index in [9.17, 15) is 0 Å². The van der Waals surface area contributed by atoms with Crippen molar-refractivity contribution in [3.63, 3.8) is 0 Å². The highest BCUT2D eigenvalue weighted by molar-refractivity contribution is 5.81. The number of aromatic nitrogens is 4. The van der Waals surface area contributed by atoms with E-state index in [1.54, 1.807) is 0 Å². The minimum atomic E-state index is 0.135. The van der Waals surface area contributed by atoms with Gasteiger partial charge >= 0.3 is 0 Å². The van der Waals surface area contributed by atoms with Gasteiger partial charge in [0.2, 0.25) is 0 Å². The fourth-order valence-electron chi connectivity index (χ4n) is 4.10. The number of imidazole rings is 1. The summed E-state index contributed by atoms with van der Waals surface area (Å²) in [4.78, 5) is 12.3. The van der Waals surface area contributed by atoms with Crippen LogP contribution >= 0.6 is 0 Å². The maximum Gasteiger partial charge on any atom is 0.0954 e. The number of nitrogens with one attached hydrogen (secondary N) is 1. The van der Waals surface area contributed by atoms with E-state index in [-0.39, 0.29) is 27.2 Å². The molecule has 226 valence electrons. The Morgan fingerprint density at radius 1 is 0.585 bits per heavy atom. The highest BCUT2D eigenvalue weighted by atomic mass is 15.1. The van der Waals surface area contributed by atoms with Gasteiger partial charge in [-0.15, -0.1) is 0 Å². The Hall–Kier alpha value is -2.88. The lowest BCUT2D eigenvalue weighted by molar-refractivity contribution is 0.395. The summed E-state index contributed by atoms with van der Waals surface area (Å²) in [6.07, 6.45) is 6.06. The first-order chi connectivity index (χ1) is 18.4. The van der Waals surface area contributed by atoms with Gasteiger partial charge in [-0.3, -0.25) is 4.98 Å². The molecule has 4 rings (SSSR count). The molecule has 0 aliphatic carbocycles. The van der Waals surface area contributed by atoms with Gasteiger partial charge in [0, 0.05) is 45.7 Å². The van der Waals surface area contributed by atoms with Crippen LogP contribution in [0.5, 0.6) is 0 Å². The molecule has 3 aromatic heterocycles. The second-order valence-corrected chi connectivity index (χ2v) is 16.5. The van der Waals surface area contributed by atoms with E-state index in [4.69, 9.17) is 0 Å². The molecule has 4 aromatic rings. The molecule has 0 fully saturated rings. The zero-order valence-corrected chi connectivity index (χ0v) is 29.0. The lowest BCUT2D eigenvalue weighted by Crippen LogP contribution is -2.20. The SMILES string of the molecule is CC(C)(C)c1ccc(C(C)(C)C)nc1.CC(C)(C)c1cn(C(C)(C)C)cn1.Cc1cc2cc(C(C)(C)C)ccc2[nH]1. The smallest absolute Gasteiger partial charge is 0.0954 e. The van der Waals surface area contributed by atoms with Gasteiger partial charge in [0.05, 0.1) is 12.0 Å². The van der Waals surface area contributed by atoms with Gasteiger partial charge in [-0.25, -0.2) is 4.98 Å². The molecule has 0 unspecified atom stereocenters. The Morgan fingerprint density at radius 3 is 1.51 bits per heavy atom. The van der Waals surface area contributed by atoms with E-state index in [0.717, 1.165) is 11.4 Å². The summed E-state index contributed by atoms with van der Waals surface area (Å²) in [6, 6.07) is 13.2. The molecule has 0 spiro atoms. The first kappa shape index (κ1) is 34.3. The summed E-state index contributed by atoms with van der Waals surface area (Å²) < 4.78 is 2.16. The summed E-state index contributed by atoms with van der Waals surface area (Å²) in [5.41, 5.74) is 8.33. The molecule has 0 saturated carbocycles. The van der Waals surface area contributed by atoms with Crippen molar-refractivity contribution in [3.05, 3.63) is 83.3 Å². The Kier molecular flexibility index (Phi) is 10.2. The van der Waals surface area contributed by atoms with Crippen LogP contribution < -0.4 is 0 Å². The summed E-state index contributed by atoms with van der Waals surface area (Å²) in [7, 11) is 0. The normalized spacial score (nSPS) is 12.9. The summed E-state index contributed by atoms with van der Waals surface area (Å²) in [5, 5.41) is 1.31. The number of rotatable bonds is 0. The zero-order chi connectivity index (χ0) is 31.6. The molecule has 4 nitrogen and oxygen atoms in total. The van der Waals surface area contributed by atoms with Crippen LogP contribution in [0, 0.1) is 6.92 Å². The zero-order valence-electron chi connectivity index (χ0n) is 29.0. The predicted octanol–water partition coefficient (Wildman–Crippen LogP) is 10.4. The van der Waals surface area contributed by atoms with E-state index < -0.39 is 0 Å². The van der Waals surface area contributed by atoms with Crippen LogP contribution in [0.15, 0.2) is 55.1 Å². The van der Waals surface area contributed by atoms with Gasteiger partial charge in [0.15, 0.2) is 0 Å². The van der Waals surface area contributed by atoms with Gasteiger partial charge in [-0.1, -0.05) is 95.2 Å². The first-order valence-electron chi connectivity index (χ1n) is 15.0. The fraction of sp³-hybridized carbons (Fsp3) is 0.568. The fourth-order valence-corrected chi connectivity index (χ4v) is 4.10. The van der Waals surface area contributed by atoms with Gasteiger partial charge < -0.3 is 9.55 Å². The molecule has 4 heteroatoms. The summed E-state index contributed by atoms with van der Waals surface area (Å²) in [5.74, 6) is 0. The van der Waals surface area contributed by atoms with Gasteiger partial charge in [0.25, 0.3) is 0 Å². The second kappa shape index (κ2) is 12.2. The maximum absolute atomic E-state index is 4.52. The molecule has 0 radical (unpaired) electrons. The van der Waals surface area contributed by atoms with Crippen molar-refractivity contribution in [1.29, 1.82) is 0 Å². The number of nitrogens with zero attached hydrogens (tertiary/aromatic N) is 3. The minimum Gasteiger partial charge on any atom is -0.359 e. The highest BCUT2D eigenvalue weighted by Crippen LogP contribution is 2.27. The quantitative estimate of drug-likeness (QED) is 0.233. The third-order valence-corrected chi connectivity index (χ3v) is 7.14. The van der Waals surface area contributed by atoms with Crippen molar-refractivity contribution in [2.75, 3.05) is 0 Å². The van der Waals surface area contributed by atoms with Crippen LogP contribution in [0.3, 0.4) is 0 Å². The number of benzene rings is 1. The Balaban J connectivity index is 0.000000215. The van der Waals surface area contributed by atoms with Crippen LogP contribution in [0.25, 0.3) is 10.9 Å². The third-order valence-electron chi connectivity index (χ3n) is 7.14. The van der Waals surface area contributed by atoms with E-state index in [0.29, 0.717) is 0 Å². The van der Waals surface area contributed by atoms with Crippen molar-refractivity contribution in [2.24, 2.45) is 0 Å². The van der Waals surface area contributed by atoms with Crippen LogP contribution in [0.2, 0.25) is 0 Å². The van der Waals surface area contributed by atoms with Crippen molar-refractivity contribution >= 4 is 10.9 Å². The molecule has 1 aromatic carbocycles. The molecule has 0 saturated heterocycles. The average molecular weight is 559 g/mol. The van der Waals surface area contributed by atoms with Crippen LogP contribution in [-0.4, -0.2) is 19.5 Å². The average Bonchev–Trinajstić information content (AvgIpc) is 3.44. The standard InChI is InChI=1S/C13H17N.C13H21N.C11H20N2/c1-9-7-10-8-11(13(2,3)4)5-6-12(10)14-9;1-12(2,3)10-7-8-11(14-9-10)13(4,5)6;1-10(2,3)9-7-13(8-12-9)11(4,5)6/h5-8,14H,1-4H3;7-9H,1-6H3;7-8H,1-6H3. The number of aryl methyl sites for hydroxylation is 1. The maximum atomic E-state index is 4.52. The Bertz CT molecular complexity index is 1320. The molecular formula is C37H58N4. The number of fused-ring (bicyclic) bond motifs is 1. The van der Waals surface area contributed by atoms with Crippen molar-refractivity contribution in [2.45, 2.75) is 138 Å². The van der Waals surface area contributed by atoms with Crippen molar-refractivity contribution < 1.29 is 0 Å². The molecule has 41 heavy (non-hydrogen) atoms. The lowest BCUT2D eigenvalue weighted by Gasteiger charge is -2.22. The number of hydrogen-bond donors (Lipinski definition) is 1. The van der Waals surface area contributed by atoms with Crippen molar-refractivity contribution in [1.82, 2.24) is 19.5 Å². The molecular weight excluding hydrogens is 500 g/mol. The van der Waals surface area contributed by atoms with Crippen LogP contribution in [0.4, 0.5) is 0 Å².